The maximum absolute atomic E-state index is 9.90. The second kappa shape index (κ2) is 7.40. The van der Waals surface area contributed by atoms with Gasteiger partial charge in [-0.05, 0) is 41.4 Å². The topological polar surface area (TPSA) is 51.6 Å². The molecule has 0 radical (unpaired) electrons. The SMILES string of the molecule is CCOC(O)C(CC)Oc1cc(Cl)c2ncc(Br)cc2c1. The number of aliphatic hydroxyl groups is 1. The monoisotopic (exact) mass is 373 g/mol. The molecule has 21 heavy (non-hydrogen) atoms. The fraction of sp³-hybridized carbons (Fsp3) is 0.400. The molecule has 2 aromatic rings. The minimum atomic E-state index is -0.963. The van der Waals surface area contributed by atoms with E-state index in [-0.39, 0.29) is 0 Å². The molecule has 1 aromatic carbocycles. The van der Waals surface area contributed by atoms with Crippen LogP contribution in [0.4, 0.5) is 0 Å². The van der Waals surface area contributed by atoms with Crippen molar-refractivity contribution in [1.29, 1.82) is 0 Å². The molecule has 0 amide bonds. The summed E-state index contributed by atoms with van der Waals surface area (Å²) in [4.78, 5) is 4.28. The first kappa shape index (κ1) is 16.5. The number of ether oxygens (including phenoxy) is 2. The molecule has 2 unspecified atom stereocenters. The van der Waals surface area contributed by atoms with Crippen LogP contribution in [0.1, 0.15) is 20.3 Å². The fourth-order valence-electron chi connectivity index (χ4n) is 2.02. The number of hydrogen-bond acceptors (Lipinski definition) is 4. The molecule has 1 N–H and O–H groups in total. The van der Waals surface area contributed by atoms with Crippen molar-refractivity contribution in [2.75, 3.05) is 6.61 Å². The summed E-state index contributed by atoms with van der Waals surface area (Å²) in [7, 11) is 0. The molecule has 1 aromatic heterocycles. The lowest BCUT2D eigenvalue weighted by atomic mass is 10.2. The number of rotatable bonds is 6. The molecule has 0 saturated heterocycles. The molecule has 4 nitrogen and oxygen atoms in total. The molecular formula is C15H17BrClNO3. The van der Waals surface area contributed by atoms with E-state index in [0.29, 0.717) is 29.3 Å². The molecule has 0 spiro atoms. The van der Waals surface area contributed by atoms with E-state index in [9.17, 15) is 5.11 Å². The van der Waals surface area contributed by atoms with E-state index in [4.69, 9.17) is 21.1 Å². The second-order valence-electron chi connectivity index (χ2n) is 4.54. The molecule has 0 aliphatic heterocycles. The highest BCUT2D eigenvalue weighted by Gasteiger charge is 2.20. The molecule has 1 heterocycles. The van der Waals surface area contributed by atoms with Crippen LogP contribution in [0.15, 0.2) is 28.9 Å². The van der Waals surface area contributed by atoms with Gasteiger partial charge in [0.2, 0.25) is 0 Å². The number of aliphatic hydroxyl groups excluding tert-OH is 1. The third-order valence-corrected chi connectivity index (χ3v) is 3.74. The fourth-order valence-corrected chi connectivity index (χ4v) is 2.63. The summed E-state index contributed by atoms with van der Waals surface area (Å²) in [5.41, 5.74) is 0.714. The summed E-state index contributed by atoms with van der Waals surface area (Å²) in [5, 5.41) is 11.3. The Kier molecular flexibility index (Phi) is 5.81. The first-order chi connectivity index (χ1) is 10.0. The van der Waals surface area contributed by atoms with E-state index < -0.39 is 12.4 Å². The maximum atomic E-state index is 9.90. The van der Waals surface area contributed by atoms with Gasteiger partial charge in [-0.1, -0.05) is 18.5 Å². The lowest BCUT2D eigenvalue weighted by molar-refractivity contribution is -0.151. The average Bonchev–Trinajstić information content (AvgIpc) is 2.44. The van der Waals surface area contributed by atoms with Crippen LogP contribution in [-0.4, -0.2) is 29.1 Å². The van der Waals surface area contributed by atoms with Crippen molar-refractivity contribution in [2.24, 2.45) is 0 Å². The van der Waals surface area contributed by atoms with Crippen molar-refractivity contribution in [3.63, 3.8) is 0 Å². The van der Waals surface area contributed by atoms with E-state index in [0.717, 1.165) is 9.86 Å². The summed E-state index contributed by atoms with van der Waals surface area (Å²) in [6.07, 6.45) is 0.907. The molecule has 0 aliphatic carbocycles. The minimum Gasteiger partial charge on any atom is -0.485 e. The van der Waals surface area contributed by atoms with Gasteiger partial charge >= 0.3 is 0 Å². The van der Waals surface area contributed by atoms with Gasteiger partial charge in [0.05, 0.1) is 10.5 Å². The minimum absolute atomic E-state index is 0.427. The number of halogens is 2. The zero-order chi connectivity index (χ0) is 15.4. The summed E-state index contributed by atoms with van der Waals surface area (Å²) < 4.78 is 11.9. The number of pyridine rings is 1. The summed E-state index contributed by atoms with van der Waals surface area (Å²) in [6, 6.07) is 5.47. The van der Waals surface area contributed by atoms with Gasteiger partial charge in [0.1, 0.15) is 11.9 Å². The lowest BCUT2D eigenvalue weighted by Crippen LogP contribution is -2.33. The van der Waals surface area contributed by atoms with E-state index in [2.05, 4.69) is 20.9 Å². The smallest absolute Gasteiger partial charge is 0.192 e. The predicted molar refractivity (Wildman–Crippen MR) is 86.8 cm³/mol. The van der Waals surface area contributed by atoms with Gasteiger partial charge in [-0.3, -0.25) is 4.98 Å². The zero-order valence-electron chi connectivity index (χ0n) is 11.8. The van der Waals surface area contributed by atoms with Gasteiger partial charge in [0.15, 0.2) is 6.29 Å². The Hall–Kier alpha value is -0.880. The van der Waals surface area contributed by atoms with Crippen LogP contribution in [0.5, 0.6) is 5.75 Å². The van der Waals surface area contributed by atoms with E-state index in [1.54, 1.807) is 12.3 Å². The maximum Gasteiger partial charge on any atom is 0.192 e. The quantitative estimate of drug-likeness (QED) is 0.771. The molecule has 0 saturated carbocycles. The number of aromatic nitrogens is 1. The van der Waals surface area contributed by atoms with E-state index in [1.807, 2.05) is 26.0 Å². The van der Waals surface area contributed by atoms with Gasteiger partial charge in [-0.2, -0.15) is 0 Å². The van der Waals surface area contributed by atoms with Crippen LogP contribution in [0.25, 0.3) is 10.9 Å². The average molecular weight is 375 g/mol. The molecule has 0 fully saturated rings. The largest absolute Gasteiger partial charge is 0.485 e. The number of benzene rings is 1. The van der Waals surface area contributed by atoms with Crippen molar-refractivity contribution in [3.05, 3.63) is 33.9 Å². The molecular weight excluding hydrogens is 358 g/mol. The van der Waals surface area contributed by atoms with Crippen molar-refractivity contribution in [2.45, 2.75) is 32.7 Å². The number of fused-ring (bicyclic) bond motifs is 1. The Labute approximate surface area is 137 Å². The normalized spacial score (nSPS) is 14.1. The highest BCUT2D eigenvalue weighted by atomic mass is 79.9. The standard InChI is InChI=1S/C15H17BrClNO3/c1-3-13(15(19)20-4-2)21-11-6-9-5-10(16)8-18-14(9)12(17)7-11/h5-8,13,15,19H,3-4H2,1-2H3. The van der Waals surface area contributed by atoms with Crippen molar-refractivity contribution < 1.29 is 14.6 Å². The third-order valence-electron chi connectivity index (χ3n) is 3.02. The Bertz CT molecular complexity index is 623. The van der Waals surface area contributed by atoms with Gasteiger partial charge in [0, 0.05) is 28.7 Å². The van der Waals surface area contributed by atoms with E-state index in [1.165, 1.54) is 0 Å². The van der Waals surface area contributed by atoms with Crippen LogP contribution in [0.3, 0.4) is 0 Å². The van der Waals surface area contributed by atoms with Crippen molar-refractivity contribution in [3.8, 4) is 5.75 Å². The highest BCUT2D eigenvalue weighted by Crippen LogP contribution is 2.30. The molecule has 6 heteroatoms. The molecule has 114 valence electrons. The van der Waals surface area contributed by atoms with Crippen LogP contribution in [-0.2, 0) is 4.74 Å². The zero-order valence-corrected chi connectivity index (χ0v) is 14.2. The summed E-state index contributed by atoms with van der Waals surface area (Å²) >= 11 is 9.61. The van der Waals surface area contributed by atoms with Crippen molar-refractivity contribution >= 4 is 38.4 Å². The molecule has 2 rings (SSSR count). The Balaban J connectivity index is 2.29. The number of hydrogen-bond donors (Lipinski definition) is 1. The first-order valence-corrected chi connectivity index (χ1v) is 7.93. The first-order valence-electron chi connectivity index (χ1n) is 6.76. The molecule has 0 bridgehead atoms. The Morgan fingerprint density at radius 2 is 2.10 bits per heavy atom. The van der Waals surface area contributed by atoms with Crippen molar-refractivity contribution in [1.82, 2.24) is 4.98 Å². The predicted octanol–water partition coefficient (Wildman–Crippen LogP) is 4.16. The molecule has 2 atom stereocenters. The third kappa shape index (κ3) is 4.07. The van der Waals surface area contributed by atoms with Gasteiger partial charge in [-0.25, -0.2) is 0 Å². The molecule has 0 aliphatic rings. The second-order valence-corrected chi connectivity index (χ2v) is 5.86. The lowest BCUT2D eigenvalue weighted by Gasteiger charge is -2.23. The Morgan fingerprint density at radius 3 is 2.76 bits per heavy atom. The van der Waals surface area contributed by atoms with Crippen LogP contribution < -0.4 is 4.74 Å². The van der Waals surface area contributed by atoms with Gasteiger partial charge in [-0.15, -0.1) is 0 Å². The number of nitrogens with zero attached hydrogens (tertiary/aromatic N) is 1. The van der Waals surface area contributed by atoms with Gasteiger partial charge < -0.3 is 14.6 Å². The van der Waals surface area contributed by atoms with Crippen LogP contribution >= 0.6 is 27.5 Å². The summed E-state index contributed by atoms with van der Waals surface area (Å²) in [6.45, 7) is 4.18. The summed E-state index contributed by atoms with van der Waals surface area (Å²) in [5.74, 6) is 0.581. The van der Waals surface area contributed by atoms with Crippen LogP contribution in [0.2, 0.25) is 5.02 Å². The van der Waals surface area contributed by atoms with E-state index >= 15 is 0 Å². The van der Waals surface area contributed by atoms with Gasteiger partial charge in [0.25, 0.3) is 0 Å². The Morgan fingerprint density at radius 1 is 1.33 bits per heavy atom. The van der Waals surface area contributed by atoms with Crippen LogP contribution in [0, 0.1) is 0 Å². The highest BCUT2D eigenvalue weighted by molar-refractivity contribution is 9.10.